The smallest absolute Gasteiger partial charge is 0.153 e. The van der Waals surface area contributed by atoms with Gasteiger partial charge in [-0.2, -0.15) is 0 Å². The normalized spacial score (nSPS) is 13.4. The number of nitrogens with zero attached hydrogens (tertiary/aromatic N) is 2. The van der Waals surface area contributed by atoms with Crippen LogP contribution in [0.5, 0.6) is 0 Å². The zero-order chi connectivity index (χ0) is 29.8. The fourth-order valence-electron chi connectivity index (χ4n) is 6.96. The van der Waals surface area contributed by atoms with Crippen molar-refractivity contribution in [2.24, 2.45) is 4.99 Å². The van der Waals surface area contributed by atoms with Crippen LogP contribution in [0.1, 0.15) is 30.5 Å². The first-order valence-electron chi connectivity index (χ1n) is 15.1. The number of nitrogens with one attached hydrogen (secondary N) is 1. The van der Waals surface area contributed by atoms with Gasteiger partial charge in [0.2, 0.25) is 0 Å². The third kappa shape index (κ3) is 4.05. The molecule has 1 N–H and O–H groups in total. The molecule has 0 amide bonds. The molecule has 6 aromatic carbocycles. The van der Waals surface area contributed by atoms with E-state index in [9.17, 15) is 0 Å². The summed E-state index contributed by atoms with van der Waals surface area (Å²) in [5, 5.41) is 11.6. The molecule has 210 valence electrons. The van der Waals surface area contributed by atoms with Crippen molar-refractivity contribution in [3.8, 4) is 33.4 Å². The molecule has 7 aromatic rings. The summed E-state index contributed by atoms with van der Waals surface area (Å²) in [6.07, 6.45) is 1.82. The lowest BCUT2D eigenvalue weighted by Crippen LogP contribution is -2.14. The van der Waals surface area contributed by atoms with E-state index in [4.69, 9.17) is 10.4 Å². The average Bonchev–Trinajstić information content (AvgIpc) is 3.52. The maximum absolute atomic E-state index is 9.13. The third-order valence-corrected chi connectivity index (χ3v) is 9.14. The molecule has 0 radical (unpaired) electrons. The molecule has 1 heterocycles. The van der Waals surface area contributed by atoms with Crippen molar-refractivity contribution in [3.05, 3.63) is 156 Å². The van der Waals surface area contributed by atoms with Crippen LogP contribution in [0.3, 0.4) is 0 Å². The summed E-state index contributed by atoms with van der Waals surface area (Å²) < 4.78 is 2.15. The summed E-state index contributed by atoms with van der Waals surface area (Å²) in [5.41, 5.74) is 12.6. The highest BCUT2D eigenvalue weighted by atomic mass is 15.0. The van der Waals surface area contributed by atoms with E-state index < -0.39 is 0 Å². The van der Waals surface area contributed by atoms with Crippen LogP contribution in [0.15, 0.2) is 145 Å². The van der Waals surface area contributed by atoms with E-state index in [1.54, 1.807) is 0 Å². The molecule has 0 bridgehead atoms. The molecule has 0 fully saturated rings. The monoisotopic (exact) mass is 565 g/mol. The minimum absolute atomic E-state index is 0.0697. The average molecular weight is 566 g/mol. The minimum Gasteiger partial charge on any atom is -0.300 e. The summed E-state index contributed by atoms with van der Waals surface area (Å²) in [6, 6.07) is 48.8. The van der Waals surface area contributed by atoms with Crippen molar-refractivity contribution in [2.75, 3.05) is 0 Å². The van der Waals surface area contributed by atoms with Crippen molar-refractivity contribution in [3.63, 3.8) is 0 Å². The van der Waals surface area contributed by atoms with E-state index in [0.717, 1.165) is 38.9 Å². The molecule has 3 nitrogen and oxygen atoms in total. The molecule has 0 saturated heterocycles. The summed E-state index contributed by atoms with van der Waals surface area (Å²) >= 11 is 0. The van der Waals surface area contributed by atoms with Gasteiger partial charge in [-0.25, -0.2) is 4.99 Å². The SMILES string of the molecule is CC1(C)c2ccccc2-c2c1ccc1c2c2ccccc2n1/C=N/C(=N)c1cc(-c2ccccc2)cc(-c2ccccc2)c1. The quantitative estimate of drug-likeness (QED) is 0.163. The largest absolute Gasteiger partial charge is 0.300 e. The van der Waals surface area contributed by atoms with E-state index in [2.05, 4.69) is 122 Å². The van der Waals surface area contributed by atoms with Crippen molar-refractivity contribution in [1.29, 1.82) is 5.41 Å². The number of benzene rings is 6. The van der Waals surface area contributed by atoms with Gasteiger partial charge in [0.1, 0.15) is 6.34 Å². The second-order valence-corrected chi connectivity index (χ2v) is 12.1. The van der Waals surface area contributed by atoms with Crippen LogP contribution < -0.4 is 0 Å². The predicted octanol–water partition coefficient (Wildman–Crippen LogP) is 10.3. The van der Waals surface area contributed by atoms with Gasteiger partial charge in [0, 0.05) is 21.8 Å². The predicted molar refractivity (Wildman–Crippen MR) is 185 cm³/mol. The van der Waals surface area contributed by atoms with Gasteiger partial charge in [0.15, 0.2) is 5.84 Å². The first-order chi connectivity index (χ1) is 21.5. The van der Waals surface area contributed by atoms with Crippen LogP contribution in [0.25, 0.3) is 55.2 Å². The molecule has 0 saturated carbocycles. The Bertz CT molecular complexity index is 2200. The van der Waals surface area contributed by atoms with Gasteiger partial charge in [-0.15, -0.1) is 0 Å². The number of aliphatic imine (C=N–C) groups is 1. The van der Waals surface area contributed by atoms with Crippen LogP contribution in [0.4, 0.5) is 0 Å². The summed E-state index contributed by atoms with van der Waals surface area (Å²) in [6.45, 7) is 4.64. The molecule has 3 heteroatoms. The summed E-state index contributed by atoms with van der Waals surface area (Å²) in [5.74, 6) is 0.221. The van der Waals surface area contributed by atoms with E-state index in [0.29, 0.717) is 0 Å². The number of aromatic nitrogens is 1. The molecule has 0 unspecified atom stereocenters. The highest BCUT2D eigenvalue weighted by Crippen LogP contribution is 2.52. The first-order valence-corrected chi connectivity index (χ1v) is 15.1. The van der Waals surface area contributed by atoms with Gasteiger partial charge in [0.25, 0.3) is 0 Å². The Kier molecular flexibility index (Phi) is 5.95. The first kappa shape index (κ1) is 26.1. The van der Waals surface area contributed by atoms with Gasteiger partial charge in [-0.1, -0.05) is 123 Å². The van der Waals surface area contributed by atoms with Crippen LogP contribution >= 0.6 is 0 Å². The van der Waals surface area contributed by atoms with Crippen LogP contribution in [0, 0.1) is 5.41 Å². The molecule has 44 heavy (non-hydrogen) atoms. The van der Waals surface area contributed by atoms with Gasteiger partial charge in [-0.05, 0) is 74.8 Å². The van der Waals surface area contributed by atoms with Gasteiger partial charge in [0.05, 0.1) is 11.0 Å². The number of rotatable bonds is 4. The maximum Gasteiger partial charge on any atom is 0.153 e. The topological polar surface area (TPSA) is 41.1 Å². The fraction of sp³-hybridized carbons (Fsp3) is 0.0732. The lowest BCUT2D eigenvalue weighted by atomic mass is 9.82. The molecular formula is C41H31N3. The van der Waals surface area contributed by atoms with E-state index >= 15 is 0 Å². The minimum atomic E-state index is -0.0697. The number of fused-ring (bicyclic) bond motifs is 7. The Morgan fingerprint density at radius 3 is 1.93 bits per heavy atom. The lowest BCUT2D eigenvalue weighted by molar-refractivity contribution is 0.661. The molecular weight excluding hydrogens is 534 g/mol. The highest BCUT2D eigenvalue weighted by Gasteiger charge is 2.37. The van der Waals surface area contributed by atoms with Crippen LogP contribution in [-0.4, -0.2) is 16.7 Å². The zero-order valence-electron chi connectivity index (χ0n) is 24.8. The van der Waals surface area contributed by atoms with Crippen LogP contribution in [0.2, 0.25) is 0 Å². The van der Waals surface area contributed by atoms with Gasteiger partial charge >= 0.3 is 0 Å². The van der Waals surface area contributed by atoms with Crippen molar-refractivity contribution in [2.45, 2.75) is 19.3 Å². The second kappa shape index (κ2) is 10.0. The Balaban J connectivity index is 1.28. The van der Waals surface area contributed by atoms with E-state index in [1.807, 2.05) is 42.7 Å². The molecule has 8 rings (SSSR count). The molecule has 1 aromatic heterocycles. The molecule has 1 aliphatic rings. The van der Waals surface area contributed by atoms with Crippen molar-refractivity contribution < 1.29 is 0 Å². The number of para-hydroxylation sites is 1. The highest BCUT2D eigenvalue weighted by molar-refractivity contribution is 6.19. The van der Waals surface area contributed by atoms with Crippen molar-refractivity contribution >= 4 is 34.0 Å². The number of hydrogen-bond donors (Lipinski definition) is 1. The van der Waals surface area contributed by atoms with E-state index in [-0.39, 0.29) is 11.3 Å². The van der Waals surface area contributed by atoms with Crippen LogP contribution in [-0.2, 0) is 5.41 Å². The number of hydrogen-bond acceptors (Lipinski definition) is 1. The Morgan fingerprint density at radius 2 is 1.23 bits per heavy atom. The fourth-order valence-corrected chi connectivity index (χ4v) is 6.96. The van der Waals surface area contributed by atoms with E-state index in [1.165, 1.54) is 33.0 Å². The Labute approximate surface area is 257 Å². The lowest BCUT2D eigenvalue weighted by Gasteiger charge is -2.21. The maximum atomic E-state index is 9.13. The summed E-state index contributed by atoms with van der Waals surface area (Å²) in [7, 11) is 0. The van der Waals surface area contributed by atoms with Gasteiger partial charge in [-0.3, -0.25) is 9.98 Å². The Morgan fingerprint density at radius 1 is 0.614 bits per heavy atom. The molecule has 0 atom stereocenters. The summed E-state index contributed by atoms with van der Waals surface area (Å²) in [4.78, 5) is 4.79. The third-order valence-electron chi connectivity index (χ3n) is 9.14. The standard InChI is InChI=1S/C41H31N3/c1-41(2)34-19-11-9-17-32(34)38-35(41)21-22-37-39(38)33-18-10-12-20-36(33)44(37)26-43-40(42)31-24-29(27-13-5-3-6-14-27)23-30(25-31)28-15-7-4-8-16-28/h3-26,42H,1-2H3/b42-40?,43-26+. The second-order valence-electron chi connectivity index (χ2n) is 12.1. The zero-order valence-corrected chi connectivity index (χ0v) is 24.8. The van der Waals surface area contributed by atoms with Crippen molar-refractivity contribution in [1.82, 2.24) is 4.57 Å². The molecule has 0 spiro atoms. The number of amidine groups is 1. The molecule has 0 aliphatic heterocycles. The Hall–Kier alpha value is -5.54. The van der Waals surface area contributed by atoms with Gasteiger partial charge < -0.3 is 0 Å². The molecule has 1 aliphatic carbocycles.